The largest absolute Gasteiger partial charge is 0.393 e. The highest BCUT2D eigenvalue weighted by atomic mass is 31.2. The fourth-order valence-electron chi connectivity index (χ4n) is 4.71. The van der Waals surface area contributed by atoms with E-state index >= 15 is 0 Å². The summed E-state index contributed by atoms with van der Waals surface area (Å²) in [6.07, 6.45) is -5.96. The topological polar surface area (TPSA) is 290 Å². The maximum absolute atomic E-state index is 13.2. The lowest BCUT2D eigenvalue weighted by Crippen LogP contribution is -2.44. The molecule has 3 aromatic rings. The van der Waals surface area contributed by atoms with E-state index in [1.54, 1.807) is 0 Å². The van der Waals surface area contributed by atoms with Crippen LogP contribution in [0.25, 0.3) is 11.2 Å². The number of nitrogens with two attached hydrogens (primary N) is 1. The zero-order valence-electron chi connectivity index (χ0n) is 20.6. The highest BCUT2D eigenvalue weighted by Crippen LogP contribution is 2.56. The summed E-state index contributed by atoms with van der Waals surface area (Å²) in [5, 5.41) is 42.1. The van der Waals surface area contributed by atoms with Gasteiger partial charge in [-0.15, -0.1) is 0 Å². The smallest absolute Gasteiger partial charge is 0.361 e. The van der Waals surface area contributed by atoms with Gasteiger partial charge < -0.3 is 40.5 Å². The van der Waals surface area contributed by atoms with E-state index in [-0.39, 0.29) is 29.1 Å². The molecule has 2 aliphatic heterocycles. The van der Waals surface area contributed by atoms with Crippen molar-refractivity contribution in [1.29, 1.82) is 0 Å². The summed E-state index contributed by atoms with van der Waals surface area (Å²) in [6.45, 7) is 0.526. The zero-order chi connectivity index (χ0) is 29.1. The van der Waals surface area contributed by atoms with Gasteiger partial charge in [-0.3, -0.25) is 37.8 Å². The minimum absolute atomic E-state index is 0.0411. The maximum atomic E-state index is 13.2. The lowest BCUT2D eigenvalue weighted by Gasteiger charge is -2.32. The van der Waals surface area contributed by atoms with E-state index in [0.29, 0.717) is 0 Å². The minimum atomic E-state index is -5.28. The molecule has 218 valence electrons. The summed E-state index contributed by atoms with van der Waals surface area (Å²) in [7, 11) is -5.28. The predicted molar refractivity (Wildman–Crippen MR) is 131 cm³/mol. The fraction of sp³-hybridized carbons (Fsp3) is 0.550. The van der Waals surface area contributed by atoms with E-state index in [1.807, 2.05) is 0 Å². The van der Waals surface area contributed by atoms with Crippen LogP contribution in [0, 0.1) is 6.92 Å². The molecule has 0 amide bonds. The Balaban J connectivity index is 1.36. The van der Waals surface area contributed by atoms with Crippen molar-refractivity contribution in [2.45, 2.75) is 62.2 Å². The number of fused-ring (bicyclic) bond motifs is 1. The normalized spacial score (nSPS) is 31.0. The van der Waals surface area contributed by atoms with Crippen molar-refractivity contribution >= 4 is 24.7 Å². The first kappa shape index (κ1) is 28.3. The number of hydrogen-bond donors (Lipinski definition) is 8. The molecule has 2 saturated heterocycles. The van der Waals surface area contributed by atoms with Crippen molar-refractivity contribution < 1.29 is 43.9 Å². The zero-order valence-corrected chi connectivity index (χ0v) is 21.5. The molecule has 0 saturated carbocycles. The molecular weight excluding hydrogens is 561 g/mol. The lowest BCUT2D eigenvalue weighted by molar-refractivity contribution is -0.191. The molecule has 8 atom stereocenters. The van der Waals surface area contributed by atoms with Gasteiger partial charge in [-0.25, -0.2) is 9.78 Å². The van der Waals surface area contributed by atoms with Crippen LogP contribution < -0.4 is 22.5 Å². The number of nitrogen functional groups attached to an aromatic ring is 1. The summed E-state index contributed by atoms with van der Waals surface area (Å²) in [6, 6.07) is 0. The minimum Gasteiger partial charge on any atom is -0.393 e. The average molecular weight is 587 g/mol. The van der Waals surface area contributed by atoms with Crippen molar-refractivity contribution in [3.63, 3.8) is 0 Å². The van der Waals surface area contributed by atoms with Crippen LogP contribution in [0.2, 0.25) is 0 Å². The molecule has 40 heavy (non-hydrogen) atoms. The number of aromatic nitrogens is 6. The number of aromatic amines is 2. The standard InChI is InChI=1S/C20H26N7O12P/c1-7-4-26(19(33)25-15(7)30)10-2-8(29)13(38-10)17(32)40(35,36)39-20(34)3-11(37-9(20)5-28)27-6-22-12-14(27)23-18(21)24-16(12)31/h4,6,8-11,13,17,28-29,32,34H,2-3,5H2,1H3,(H,35,36)(H,25,30,33)(H3,21,23,24,31)/t8-,9+,10+,11+,13-,17?,20-/m0/s1. The highest BCUT2D eigenvalue weighted by molar-refractivity contribution is 7.53. The molecule has 5 rings (SSSR count). The molecular formula is C20H26N7O12P. The van der Waals surface area contributed by atoms with E-state index in [2.05, 4.69) is 19.9 Å². The average Bonchev–Trinajstić information content (AvgIpc) is 3.55. The molecule has 3 aromatic heterocycles. The number of hydrogen-bond acceptors (Lipinski definition) is 14. The third-order valence-electron chi connectivity index (χ3n) is 6.73. The van der Waals surface area contributed by atoms with Crippen molar-refractivity contribution in [2.75, 3.05) is 12.3 Å². The monoisotopic (exact) mass is 587 g/mol. The van der Waals surface area contributed by atoms with Gasteiger partial charge >= 0.3 is 13.3 Å². The molecule has 5 heterocycles. The van der Waals surface area contributed by atoms with Gasteiger partial charge in [-0.05, 0) is 6.92 Å². The van der Waals surface area contributed by atoms with Crippen LogP contribution in [0.15, 0.2) is 26.9 Å². The molecule has 0 bridgehead atoms. The van der Waals surface area contributed by atoms with Gasteiger partial charge in [-0.2, -0.15) is 4.98 Å². The number of imidazole rings is 1. The number of rotatable bonds is 7. The number of anilines is 1. The van der Waals surface area contributed by atoms with Crippen LogP contribution in [0.5, 0.6) is 0 Å². The number of ether oxygens (including phenoxy) is 2. The molecule has 19 nitrogen and oxygen atoms in total. The summed E-state index contributed by atoms with van der Waals surface area (Å²) < 4.78 is 31.4. The molecule has 0 aromatic carbocycles. The maximum Gasteiger partial charge on any atom is 0.361 e. The van der Waals surface area contributed by atoms with Crippen LogP contribution in [-0.4, -0.2) is 90.9 Å². The van der Waals surface area contributed by atoms with Crippen LogP contribution in [-0.2, 0) is 18.6 Å². The number of aliphatic hydroxyl groups is 4. The van der Waals surface area contributed by atoms with Crippen molar-refractivity contribution in [2.24, 2.45) is 0 Å². The van der Waals surface area contributed by atoms with Crippen molar-refractivity contribution in [3.05, 3.63) is 49.3 Å². The Morgan fingerprint density at radius 1 is 1.25 bits per heavy atom. The summed E-state index contributed by atoms with van der Waals surface area (Å²) in [4.78, 5) is 58.8. The van der Waals surface area contributed by atoms with Gasteiger partial charge in [-0.1, -0.05) is 0 Å². The second-order valence-electron chi connectivity index (χ2n) is 9.49. The Hall–Kier alpha value is -3.26. The summed E-state index contributed by atoms with van der Waals surface area (Å²) >= 11 is 0. The first-order valence-corrected chi connectivity index (χ1v) is 13.5. The van der Waals surface area contributed by atoms with E-state index in [1.165, 1.54) is 17.7 Å². The van der Waals surface area contributed by atoms with Gasteiger partial charge in [0.15, 0.2) is 17.0 Å². The Kier molecular flexibility index (Phi) is 7.06. The molecule has 0 radical (unpaired) electrons. The SMILES string of the molecule is Cc1cn([C@H]2C[C@H](O)[C@@H](C(O)P(=O)(O)O[C@@]3(O)C[C@H](n4cnc5c(=O)[nH]c(N)nc54)O[C@@H]3CO)O2)c(=O)[nH]c1=O. The third kappa shape index (κ3) is 4.80. The Morgan fingerprint density at radius 2 is 1.98 bits per heavy atom. The van der Waals surface area contributed by atoms with Crippen LogP contribution in [0.3, 0.4) is 0 Å². The van der Waals surface area contributed by atoms with Crippen LogP contribution >= 0.6 is 7.60 Å². The van der Waals surface area contributed by atoms with E-state index in [0.717, 1.165) is 10.9 Å². The van der Waals surface area contributed by atoms with Crippen molar-refractivity contribution in [3.8, 4) is 0 Å². The summed E-state index contributed by atoms with van der Waals surface area (Å²) in [5.74, 6) is -5.33. The van der Waals surface area contributed by atoms with Gasteiger partial charge in [0.2, 0.25) is 11.7 Å². The van der Waals surface area contributed by atoms with Gasteiger partial charge in [0, 0.05) is 18.2 Å². The molecule has 9 N–H and O–H groups in total. The van der Waals surface area contributed by atoms with E-state index < -0.39 is 79.8 Å². The molecule has 2 unspecified atom stereocenters. The first-order valence-electron chi connectivity index (χ1n) is 11.8. The lowest BCUT2D eigenvalue weighted by atomic mass is 10.1. The Morgan fingerprint density at radius 3 is 2.67 bits per heavy atom. The number of aryl methyl sites for hydroxylation is 1. The van der Waals surface area contributed by atoms with E-state index in [4.69, 9.17) is 19.7 Å². The van der Waals surface area contributed by atoms with Crippen LogP contribution in [0.4, 0.5) is 5.95 Å². The second-order valence-corrected chi connectivity index (χ2v) is 11.3. The molecule has 0 aliphatic carbocycles. The fourth-order valence-corrected chi connectivity index (χ4v) is 6.10. The highest BCUT2D eigenvalue weighted by Gasteiger charge is 2.56. The number of nitrogens with zero attached hydrogens (tertiary/aromatic N) is 4. The van der Waals surface area contributed by atoms with E-state index in [9.17, 15) is 44.3 Å². The number of nitrogens with one attached hydrogen (secondary N) is 2. The first-order chi connectivity index (χ1) is 18.7. The summed E-state index contributed by atoms with van der Waals surface area (Å²) in [5.41, 5.74) is 3.43. The molecule has 20 heteroatoms. The molecule has 2 aliphatic rings. The number of H-pyrrole nitrogens is 2. The van der Waals surface area contributed by atoms with Gasteiger partial charge in [0.1, 0.15) is 24.7 Å². The Bertz CT molecular complexity index is 1670. The second kappa shape index (κ2) is 9.98. The molecule has 2 fully saturated rings. The van der Waals surface area contributed by atoms with Gasteiger partial charge in [0.25, 0.3) is 11.1 Å². The Labute approximate surface area is 221 Å². The quantitative estimate of drug-likeness (QED) is 0.0992. The predicted octanol–water partition coefficient (Wildman–Crippen LogP) is -3.30. The van der Waals surface area contributed by atoms with Crippen LogP contribution in [0.1, 0.15) is 30.9 Å². The molecule has 0 spiro atoms. The number of aliphatic hydroxyl groups excluding tert-OH is 3. The van der Waals surface area contributed by atoms with Crippen molar-refractivity contribution in [1.82, 2.24) is 29.1 Å². The third-order valence-corrected chi connectivity index (χ3v) is 8.27. The van der Waals surface area contributed by atoms with Gasteiger partial charge in [0.05, 0.1) is 25.5 Å².